The van der Waals surface area contributed by atoms with E-state index in [4.69, 9.17) is 0 Å². The Morgan fingerprint density at radius 1 is 1.32 bits per heavy atom. The number of nitrogens with zero attached hydrogens (tertiary/aromatic N) is 4. The molecule has 1 saturated heterocycles. The molecule has 124 valence electrons. The number of hydrogen-bond acceptors (Lipinski definition) is 4. The van der Waals surface area contributed by atoms with E-state index in [1.54, 1.807) is 0 Å². The van der Waals surface area contributed by atoms with Crippen LogP contribution in [0.3, 0.4) is 0 Å². The standard InChI is InChI=1S/C16H28N4O2/c1-6-20-12(3)15(11(2)17-20)16(22)19-8-13(7-18(4)5)14(9-19)10-21/h13-14,21H,6-10H2,1-5H3/t13-,14-/m1/s1. The van der Waals surface area contributed by atoms with Crippen LogP contribution in [-0.4, -0.2) is 70.9 Å². The van der Waals surface area contributed by atoms with E-state index < -0.39 is 0 Å². The van der Waals surface area contributed by atoms with Crippen molar-refractivity contribution in [2.45, 2.75) is 27.3 Å². The van der Waals surface area contributed by atoms with Gasteiger partial charge in [-0.25, -0.2) is 0 Å². The van der Waals surface area contributed by atoms with Gasteiger partial charge in [0.1, 0.15) is 0 Å². The zero-order chi connectivity index (χ0) is 16.4. The molecular weight excluding hydrogens is 280 g/mol. The van der Waals surface area contributed by atoms with Gasteiger partial charge in [-0.1, -0.05) is 0 Å². The first kappa shape index (κ1) is 17.0. The summed E-state index contributed by atoms with van der Waals surface area (Å²) in [6, 6.07) is 0. The Kier molecular flexibility index (Phi) is 5.24. The smallest absolute Gasteiger partial charge is 0.257 e. The summed E-state index contributed by atoms with van der Waals surface area (Å²) in [4.78, 5) is 16.9. The van der Waals surface area contributed by atoms with Crippen LogP contribution < -0.4 is 0 Å². The number of carbonyl (C=O) groups excluding carboxylic acids is 1. The predicted molar refractivity (Wildman–Crippen MR) is 85.9 cm³/mol. The predicted octanol–water partition coefficient (Wildman–Crippen LogP) is 0.762. The van der Waals surface area contributed by atoms with Gasteiger partial charge in [-0.2, -0.15) is 5.10 Å². The summed E-state index contributed by atoms with van der Waals surface area (Å²) in [5.41, 5.74) is 2.45. The lowest BCUT2D eigenvalue weighted by atomic mass is 9.97. The van der Waals surface area contributed by atoms with Crippen molar-refractivity contribution in [2.75, 3.05) is 40.3 Å². The summed E-state index contributed by atoms with van der Waals surface area (Å²) in [6.07, 6.45) is 0. The van der Waals surface area contributed by atoms with Crippen LogP contribution in [0.15, 0.2) is 0 Å². The number of hydrogen-bond donors (Lipinski definition) is 1. The molecule has 2 rings (SSSR count). The second kappa shape index (κ2) is 6.79. The topological polar surface area (TPSA) is 61.6 Å². The van der Waals surface area contributed by atoms with Crippen LogP contribution >= 0.6 is 0 Å². The molecule has 1 aliphatic heterocycles. The van der Waals surface area contributed by atoms with Crippen LogP contribution in [0.1, 0.15) is 28.7 Å². The molecule has 1 amide bonds. The molecule has 0 unspecified atom stereocenters. The zero-order valence-electron chi connectivity index (χ0n) is 14.3. The van der Waals surface area contributed by atoms with Crippen LogP contribution in [0.25, 0.3) is 0 Å². The minimum atomic E-state index is 0.0504. The number of aliphatic hydroxyl groups excluding tert-OH is 1. The molecule has 1 aromatic rings. The van der Waals surface area contributed by atoms with Gasteiger partial charge < -0.3 is 14.9 Å². The SMILES string of the molecule is CCn1nc(C)c(C(=O)N2C[C@@H](CN(C)C)[C@@H](CO)C2)c1C. The lowest BCUT2D eigenvalue weighted by Gasteiger charge is -2.20. The minimum absolute atomic E-state index is 0.0504. The molecule has 22 heavy (non-hydrogen) atoms. The fourth-order valence-corrected chi connectivity index (χ4v) is 3.46. The highest BCUT2D eigenvalue weighted by Crippen LogP contribution is 2.26. The molecule has 1 aliphatic rings. The Balaban J connectivity index is 2.19. The van der Waals surface area contributed by atoms with E-state index in [2.05, 4.69) is 10.00 Å². The largest absolute Gasteiger partial charge is 0.396 e. The molecule has 0 spiro atoms. The Morgan fingerprint density at radius 3 is 2.45 bits per heavy atom. The van der Waals surface area contributed by atoms with Gasteiger partial charge in [0, 0.05) is 44.4 Å². The number of carbonyl (C=O) groups is 1. The highest BCUT2D eigenvalue weighted by molar-refractivity contribution is 5.96. The fourth-order valence-electron chi connectivity index (χ4n) is 3.46. The maximum atomic E-state index is 12.9. The first-order valence-corrected chi connectivity index (χ1v) is 7.97. The van der Waals surface area contributed by atoms with Gasteiger partial charge in [0.2, 0.25) is 0 Å². The molecule has 6 nitrogen and oxygen atoms in total. The lowest BCUT2D eigenvalue weighted by molar-refractivity contribution is 0.0778. The molecule has 0 bridgehead atoms. The van der Waals surface area contributed by atoms with Crippen molar-refractivity contribution in [3.05, 3.63) is 17.0 Å². The second-order valence-corrected chi connectivity index (χ2v) is 6.54. The third-order valence-corrected chi connectivity index (χ3v) is 4.59. The summed E-state index contributed by atoms with van der Waals surface area (Å²) in [5.74, 6) is 0.536. The molecule has 2 atom stereocenters. The maximum Gasteiger partial charge on any atom is 0.257 e. The van der Waals surface area contributed by atoms with Gasteiger partial charge in [-0.05, 0) is 40.8 Å². The number of aliphatic hydroxyl groups is 1. The van der Waals surface area contributed by atoms with Crippen molar-refractivity contribution in [1.82, 2.24) is 19.6 Å². The average Bonchev–Trinajstić information content (AvgIpc) is 2.98. The van der Waals surface area contributed by atoms with E-state index in [1.807, 2.05) is 44.4 Å². The third-order valence-electron chi connectivity index (χ3n) is 4.59. The van der Waals surface area contributed by atoms with Crippen LogP contribution in [0.5, 0.6) is 0 Å². The molecule has 1 aromatic heterocycles. The van der Waals surface area contributed by atoms with Gasteiger partial charge in [-0.3, -0.25) is 9.48 Å². The van der Waals surface area contributed by atoms with Gasteiger partial charge in [-0.15, -0.1) is 0 Å². The summed E-state index contributed by atoms with van der Waals surface area (Å²) >= 11 is 0. The van der Waals surface area contributed by atoms with E-state index >= 15 is 0 Å². The third kappa shape index (κ3) is 3.17. The summed E-state index contributed by atoms with van der Waals surface area (Å²) in [5, 5.41) is 14.0. The highest BCUT2D eigenvalue weighted by atomic mass is 16.3. The molecule has 2 heterocycles. The molecule has 0 radical (unpaired) electrons. The molecule has 1 fully saturated rings. The Labute approximate surface area is 132 Å². The van der Waals surface area contributed by atoms with Crippen LogP contribution in [0, 0.1) is 25.7 Å². The first-order valence-electron chi connectivity index (χ1n) is 7.97. The number of amides is 1. The van der Waals surface area contributed by atoms with Crippen molar-refractivity contribution < 1.29 is 9.90 Å². The highest BCUT2D eigenvalue weighted by Gasteiger charge is 2.36. The number of aryl methyl sites for hydroxylation is 2. The minimum Gasteiger partial charge on any atom is -0.396 e. The van der Waals surface area contributed by atoms with E-state index in [0.717, 1.165) is 30.0 Å². The van der Waals surface area contributed by atoms with Crippen LogP contribution in [-0.2, 0) is 6.54 Å². The maximum absolute atomic E-state index is 12.9. The van der Waals surface area contributed by atoms with Crippen molar-refractivity contribution in [3.63, 3.8) is 0 Å². The van der Waals surface area contributed by atoms with Gasteiger partial charge in [0.05, 0.1) is 11.3 Å². The summed E-state index contributed by atoms with van der Waals surface area (Å²) in [7, 11) is 4.05. The quantitative estimate of drug-likeness (QED) is 0.872. The Bertz CT molecular complexity index is 538. The molecule has 0 aliphatic carbocycles. The zero-order valence-corrected chi connectivity index (χ0v) is 14.3. The lowest BCUT2D eigenvalue weighted by Crippen LogP contribution is -2.31. The number of aromatic nitrogens is 2. The van der Waals surface area contributed by atoms with Crippen LogP contribution in [0.4, 0.5) is 0 Å². The van der Waals surface area contributed by atoms with E-state index in [1.165, 1.54) is 0 Å². The van der Waals surface area contributed by atoms with Crippen molar-refractivity contribution in [2.24, 2.45) is 11.8 Å². The molecule has 1 N–H and O–H groups in total. The monoisotopic (exact) mass is 308 g/mol. The van der Waals surface area contributed by atoms with E-state index in [-0.39, 0.29) is 18.4 Å². The average molecular weight is 308 g/mol. The van der Waals surface area contributed by atoms with Gasteiger partial charge >= 0.3 is 0 Å². The normalized spacial score (nSPS) is 21.9. The Morgan fingerprint density at radius 2 is 1.95 bits per heavy atom. The van der Waals surface area contributed by atoms with Crippen molar-refractivity contribution in [1.29, 1.82) is 0 Å². The van der Waals surface area contributed by atoms with Crippen molar-refractivity contribution in [3.8, 4) is 0 Å². The number of likely N-dealkylation sites (tertiary alicyclic amines) is 1. The molecule has 6 heteroatoms. The molecule has 0 aromatic carbocycles. The first-order chi connectivity index (χ1) is 10.4. The number of rotatable bonds is 5. The van der Waals surface area contributed by atoms with Gasteiger partial charge in [0.25, 0.3) is 5.91 Å². The second-order valence-electron chi connectivity index (χ2n) is 6.54. The molecular formula is C16H28N4O2. The van der Waals surface area contributed by atoms with E-state index in [9.17, 15) is 9.90 Å². The summed E-state index contributed by atoms with van der Waals surface area (Å²) < 4.78 is 1.87. The Hall–Kier alpha value is -1.40. The van der Waals surface area contributed by atoms with Crippen LogP contribution in [0.2, 0.25) is 0 Å². The van der Waals surface area contributed by atoms with E-state index in [0.29, 0.717) is 19.0 Å². The van der Waals surface area contributed by atoms with Gasteiger partial charge in [0.15, 0.2) is 0 Å². The summed E-state index contributed by atoms with van der Waals surface area (Å²) in [6.45, 7) is 9.00. The fraction of sp³-hybridized carbons (Fsp3) is 0.750. The molecule has 0 saturated carbocycles. The van der Waals surface area contributed by atoms with Crippen molar-refractivity contribution >= 4 is 5.91 Å².